The molecule has 0 aromatic carbocycles. The van der Waals surface area contributed by atoms with Crippen molar-refractivity contribution in [2.24, 2.45) is 0 Å². The van der Waals surface area contributed by atoms with Gasteiger partial charge in [0.15, 0.2) is 0 Å². The van der Waals surface area contributed by atoms with E-state index in [1.807, 2.05) is 0 Å². The first kappa shape index (κ1) is 9.18. The first-order valence-electron chi connectivity index (χ1n) is 3.34. The molecule has 0 amide bonds. The van der Waals surface area contributed by atoms with Crippen molar-refractivity contribution in [1.29, 1.82) is 0 Å². The zero-order valence-electron chi connectivity index (χ0n) is 6.53. The van der Waals surface area contributed by atoms with Gasteiger partial charge in [0.2, 0.25) is 4.73 Å². The molecule has 1 heterocycles. The van der Waals surface area contributed by atoms with Gasteiger partial charge >= 0.3 is 5.97 Å². The van der Waals surface area contributed by atoms with Crippen molar-refractivity contribution >= 4 is 21.9 Å². The number of aromatic nitrogens is 3. The van der Waals surface area contributed by atoms with Crippen molar-refractivity contribution in [3.63, 3.8) is 0 Å². The van der Waals surface area contributed by atoms with E-state index in [9.17, 15) is 4.79 Å². The molecule has 0 fully saturated rings. The third-order valence-electron chi connectivity index (χ3n) is 1.28. The van der Waals surface area contributed by atoms with Gasteiger partial charge in [-0.3, -0.25) is 9.48 Å². The average molecular weight is 234 g/mol. The number of esters is 1. The third-order valence-corrected chi connectivity index (χ3v) is 1.64. The van der Waals surface area contributed by atoms with Crippen LogP contribution in [0, 0.1) is 0 Å². The molecule has 12 heavy (non-hydrogen) atoms. The number of aryl methyl sites for hydroxylation is 1. The fourth-order valence-corrected chi connectivity index (χ4v) is 0.983. The summed E-state index contributed by atoms with van der Waals surface area (Å²) in [6.45, 7) is 0.491. The van der Waals surface area contributed by atoms with Crippen LogP contribution < -0.4 is 0 Å². The SMILES string of the molecule is COC(=O)CCn1cnc(Br)n1. The Hall–Kier alpha value is -0.910. The Morgan fingerprint density at radius 1 is 1.83 bits per heavy atom. The van der Waals surface area contributed by atoms with Gasteiger partial charge in [0.05, 0.1) is 20.1 Å². The number of rotatable bonds is 3. The smallest absolute Gasteiger partial charge is 0.307 e. The van der Waals surface area contributed by atoms with Gasteiger partial charge in [-0.1, -0.05) is 0 Å². The Morgan fingerprint density at radius 2 is 2.58 bits per heavy atom. The second-order valence-electron chi connectivity index (χ2n) is 2.10. The Labute approximate surface area is 77.9 Å². The van der Waals surface area contributed by atoms with Crippen molar-refractivity contribution in [2.75, 3.05) is 7.11 Å². The van der Waals surface area contributed by atoms with Crippen LogP contribution in [0.4, 0.5) is 0 Å². The first-order valence-corrected chi connectivity index (χ1v) is 4.13. The number of methoxy groups -OCH3 is 1. The molecule has 0 aliphatic rings. The molecule has 6 heteroatoms. The summed E-state index contributed by atoms with van der Waals surface area (Å²) in [6.07, 6.45) is 1.86. The largest absolute Gasteiger partial charge is 0.469 e. The quantitative estimate of drug-likeness (QED) is 0.718. The van der Waals surface area contributed by atoms with Crippen molar-refractivity contribution in [3.05, 3.63) is 11.1 Å². The molecule has 5 nitrogen and oxygen atoms in total. The minimum atomic E-state index is -0.248. The molecule has 0 saturated carbocycles. The summed E-state index contributed by atoms with van der Waals surface area (Å²) in [4.78, 5) is 14.5. The summed E-state index contributed by atoms with van der Waals surface area (Å²) >= 11 is 3.10. The van der Waals surface area contributed by atoms with Crippen LogP contribution in [0.3, 0.4) is 0 Å². The Kier molecular flexibility index (Phi) is 3.21. The molecule has 0 aliphatic carbocycles. The van der Waals surface area contributed by atoms with E-state index in [0.29, 0.717) is 17.7 Å². The van der Waals surface area contributed by atoms with Crippen molar-refractivity contribution < 1.29 is 9.53 Å². The maximum Gasteiger partial charge on any atom is 0.307 e. The lowest BCUT2D eigenvalue weighted by Gasteiger charge is -1.97. The van der Waals surface area contributed by atoms with Crippen LogP contribution in [-0.4, -0.2) is 27.8 Å². The van der Waals surface area contributed by atoms with E-state index >= 15 is 0 Å². The summed E-state index contributed by atoms with van der Waals surface area (Å²) in [5.74, 6) is -0.248. The lowest BCUT2D eigenvalue weighted by molar-refractivity contribution is -0.140. The topological polar surface area (TPSA) is 57.0 Å². The second-order valence-corrected chi connectivity index (χ2v) is 2.81. The molecule has 0 aliphatic heterocycles. The van der Waals surface area contributed by atoms with Gasteiger partial charge in [0.25, 0.3) is 0 Å². The van der Waals surface area contributed by atoms with Crippen LogP contribution in [0.1, 0.15) is 6.42 Å². The summed E-state index contributed by atoms with van der Waals surface area (Å²) < 4.78 is 6.56. The van der Waals surface area contributed by atoms with Gasteiger partial charge in [-0.15, -0.1) is 5.10 Å². The number of hydrogen-bond acceptors (Lipinski definition) is 4. The lowest BCUT2D eigenvalue weighted by Crippen LogP contribution is -2.07. The van der Waals surface area contributed by atoms with E-state index in [-0.39, 0.29) is 5.97 Å². The maximum absolute atomic E-state index is 10.7. The summed E-state index contributed by atoms with van der Waals surface area (Å²) in [5.41, 5.74) is 0. The number of carbonyl (C=O) groups excluding carboxylic acids is 1. The highest BCUT2D eigenvalue weighted by Crippen LogP contribution is 1.99. The number of hydrogen-bond donors (Lipinski definition) is 0. The highest BCUT2D eigenvalue weighted by molar-refractivity contribution is 9.10. The molecule has 1 aromatic rings. The molecule has 0 bridgehead atoms. The monoisotopic (exact) mass is 233 g/mol. The molecule has 0 spiro atoms. The van der Waals surface area contributed by atoms with Crippen LogP contribution in [0.5, 0.6) is 0 Å². The van der Waals surface area contributed by atoms with Crippen molar-refractivity contribution in [1.82, 2.24) is 14.8 Å². The van der Waals surface area contributed by atoms with E-state index < -0.39 is 0 Å². The van der Waals surface area contributed by atoms with Gasteiger partial charge in [-0.05, 0) is 15.9 Å². The normalized spacial score (nSPS) is 9.83. The molecule has 66 valence electrons. The molecule has 0 unspecified atom stereocenters. The molecule has 0 saturated heterocycles. The number of ether oxygens (including phenoxy) is 1. The lowest BCUT2D eigenvalue weighted by atomic mass is 10.4. The molecular formula is C6H8BrN3O2. The molecule has 0 atom stereocenters. The van der Waals surface area contributed by atoms with Crippen LogP contribution in [0.25, 0.3) is 0 Å². The second kappa shape index (κ2) is 4.20. The summed E-state index contributed by atoms with van der Waals surface area (Å²) in [6, 6.07) is 0. The van der Waals surface area contributed by atoms with Crippen LogP contribution >= 0.6 is 15.9 Å². The van der Waals surface area contributed by atoms with Crippen molar-refractivity contribution in [2.45, 2.75) is 13.0 Å². The molecular weight excluding hydrogens is 226 g/mol. The van der Waals surface area contributed by atoms with Crippen LogP contribution in [-0.2, 0) is 16.1 Å². The molecule has 1 aromatic heterocycles. The van der Waals surface area contributed by atoms with E-state index in [1.165, 1.54) is 7.11 Å². The van der Waals surface area contributed by atoms with Gasteiger partial charge < -0.3 is 4.74 Å². The number of nitrogens with zero attached hydrogens (tertiary/aromatic N) is 3. The minimum Gasteiger partial charge on any atom is -0.469 e. The van der Waals surface area contributed by atoms with E-state index in [4.69, 9.17) is 0 Å². The van der Waals surface area contributed by atoms with Gasteiger partial charge in [0.1, 0.15) is 6.33 Å². The Balaban J connectivity index is 2.38. The third kappa shape index (κ3) is 2.61. The predicted molar refractivity (Wildman–Crippen MR) is 44.4 cm³/mol. The zero-order chi connectivity index (χ0) is 8.97. The maximum atomic E-state index is 10.7. The van der Waals surface area contributed by atoms with Crippen LogP contribution in [0.2, 0.25) is 0 Å². The Bertz CT molecular complexity index is 274. The standard InChI is InChI=1S/C6H8BrN3O2/c1-12-5(11)2-3-10-4-8-6(7)9-10/h4H,2-3H2,1H3. The zero-order valence-corrected chi connectivity index (χ0v) is 8.11. The minimum absolute atomic E-state index is 0.248. The highest BCUT2D eigenvalue weighted by atomic mass is 79.9. The fraction of sp³-hybridized carbons (Fsp3) is 0.500. The van der Waals surface area contributed by atoms with E-state index in [1.54, 1.807) is 11.0 Å². The number of carbonyl (C=O) groups is 1. The average Bonchev–Trinajstić information content (AvgIpc) is 2.47. The van der Waals surface area contributed by atoms with Gasteiger partial charge in [-0.25, -0.2) is 4.98 Å². The Morgan fingerprint density at radius 3 is 3.08 bits per heavy atom. The number of halogens is 1. The molecule has 1 rings (SSSR count). The van der Waals surface area contributed by atoms with E-state index in [0.717, 1.165) is 0 Å². The summed E-state index contributed by atoms with van der Waals surface area (Å²) in [7, 11) is 1.36. The molecule has 0 radical (unpaired) electrons. The highest BCUT2D eigenvalue weighted by Gasteiger charge is 2.01. The van der Waals surface area contributed by atoms with Gasteiger partial charge in [-0.2, -0.15) is 0 Å². The molecule has 0 N–H and O–H groups in total. The predicted octanol–water partition coefficient (Wildman–Crippen LogP) is 0.604. The van der Waals surface area contributed by atoms with Crippen LogP contribution in [0.15, 0.2) is 11.1 Å². The van der Waals surface area contributed by atoms with Gasteiger partial charge in [0, 0.05) is 0 Å². The summed E-state index contributed by atoms with van der Waals surface area (Å²) in [5, 5.41) is 3.93. The van der Waals surface area contributed by atoms with E-state index in [2.05, 4.69) is 30.7 Å². The first-order chi connectivity index (χ1) is 5.72. The van der Waals surface area contributed by atoms with Crippen molar-refractivity contribution in [3.8, 4) is 0 Å². The fourth-order valence-electron chi connectivity index (χ4n) is 0.688.